The fourth-order valence-electron chi connectivity index (χ4n) is 5.07. The molecule has 2 aromatic carbocycles. The van der Waals surface area contributed by atoms with Gasteiger partial charge < -0.3 is 14.2 Å². The quantitative estimate of drug-likeness (QED) is 0.173. The fourth-order valence-corrected chi connectivity index (χ4v) is 5.38. The van der Waals surface area contributed by atoms with Crippen molar-refractivity contribution in [3.63, 3.8) is 0 Å². The van der Waals surface area contributed by atoms with E-state index in [9.17, 15) is 15.1 Å². The van der Waals surface area contributed by atoms with Gasteiger partial charge in [0.15, 0.2) is 5.54 Å². The molecule has 6 atom stereocenters. The summed E-state index contributed by atoms with van der Waals surface area (Å²) in [4.78, 5) is 29.1. The van der Waals surface area contributed by atoms with Crippen LogP contribution in [0.1, 0.15) is 37.5 Å². The van der Waals surface area contributed by atoms with Crippen molar-refractivity contribution in [1.29, 1.82) is 0 Å². The maximum absolute atomic E-state index is 13.6. The molecular weight excluding hydrogens is 493 g/mol. The molecule has 0 radical (unpaired) electrons. The Kier molecular flexibility index (Phi) is 7.57. The van der Waals surface area contributed by atoms with Gasteiger partial charge in [-0.3, -0.25) is 9.59 Å². The van der Waals surface area contributed by atoms with E-state index in [0.717, 1.165) is 11.1 Å². The first kappa shape index (κ1) is 25.3. The molecule has 35 heavy (non-hydrogen) atoms. The SMILES string of the molecule is CCOC(=O)[C@H]1[C@@H]2C[C@@H](O[C@H](C)c3ccc(Cl)c(Cl)c3)[C@@](N=[N+]=[N-])(C(=O)OCc3ccccc3)[C@@H]21. The number of fused-ring (bicyclic) bond motifs is 1. The minimum absolute atomic E-state index is 0.00109. The van der Waals surface area contributed by atoms with Gasteiger partial charge in [-0.2, -0.15) is 0 Å². The van der Waals surface area contributed by atoms with Crippen LogP contribution < -0.4 is 0 Å². The maximum Gasteiger partial charge on any atom is 0.321 e. The van der Waals surface area contributed by atoms with Gasteiger partial charge in [0.1, 0.15) is 6.61 Å². The zero-order valence-corrected chi connectivity index (χ0v) is 20.8. The van der Waals surface area contributed by atoms with Crippen LogP contribution in [0.4, 0.5) is 0 Å². The number of benzene rings is 2. The minimum Gasteiger partial charge on any atom is -0.466 e. The summed E-state index contributed by atoms with van der Waals surface area (Å²) in [7, 11) is 0. The number of azide groups is 1. The Hall–Kier alpha value is -2.77. The molecule has 184 valence electrons. The average Bonchev–Trinajstić information content (AvgIpc) is 3.48. The number of hydrogen-bond donors (Lipinski definition) is 0. The van der Waals surface area contributed by atoms with E-state index < -0.39 is 41.5 Å². The highest BCUT2D eigenvalue weighted by Gasteiger charge is 2.76. The molecule has 2 saturated carbocycles. The molecule has 2 fully saturated rings. The van der Waals surface area contributed by atoms with Crippen molar-refractivity contribution in [3.05, 3.63) is 80.1 Å². The van der Waals surface area contributed by atoms with Crippen molar-refractivity contribution in [1.82, 2.24) is 0 Å². The lowest BCUT2D eigenvalue weighted by Gasteiger charge is -2.34. The monoisotopic (exact) mass is 517 g/mol. The summed E-state index contributed by atoms with van der Waals surface area (Å²) in [5.41, 5.74) is 9.30. The number of rotatable bonds is 9. The zero-order chi connectivity index (χ0) is 25.2. The molecular formula is C25H25Cl2N3O5. The van der Waals surface area contributed by atoms with E-state index in [4.69, 9.17) is 37.4 Å². The second-order valence-corrected chi connectivity index (χ2v) is 9.53. The second kappa shape index (κ2) is 10.5. The van der Waals surface area contributed by atoms with Gasteiger partial charge in [0.05, 0.1) is 34.8 Å². The van der Waals surface area contributed by atoms with Gasteiger partial charge in [-0.05, 0) is 55.0 Å². The molecule has 0 aromatic heterocycles. The van der Waals surface area contributed by atoms with E-state index in [1.54, 1.807) is 25.1 Å². The predicted octanol–water partition coefficient (Wildman–Crippen LogP) is 6.06. The molecule has 2 aliphatic rings. The van der Waals surface area contributed by atoms with Crippen molar-refractivity contribution >= 4 is 35.1 Å². The Morgan fingerprint density at radius 1 is 1.17 bits per heavy atom. The molecule has 2 aliphatic carbocycles. The van der Waals surface area contributed by atoms with E-state index in [1.807, 2.05) is 37.3 Å². The van der Waals surface area contributed by atoms with E-state index in [0.29, 0.717) is 16.5 Å². The number of hydrogen-bond acceptors (Lipinski definition) is 6. The first-order valence-electron chi connectivity index (χ1n) is 11.4. The van der Waals surface area contributed by atoms with Crippen LogP contribution in [0.15, 0.2) is 53.6 Å². The third-order valence-electron chi connectivity index (χ3n) is 6.74. The van der Waals surface area contributed by atoms with Crippen LogP contribution in [-0.4, -0.2) is 30.2 Å². The Labute approximate surface area is 213 Å². The van der Waals surface area contributed by atoms with Crippen LogP contribution >= 0.6 is 23.2 Å². The number of carbonyl (C=O) groups is 2. The Bertz CT molecular complexity index is 1160. The van der Waals surface area contributed by atoms with E-state index >= 15 is 0 Å². The van der Waals surface area contributed by atoms with Gasteiger partial charge in [-0.1, -0.05) is 64.7 Å². The molecule has 0 bridgehead atoms. The van der Waals surface area contributed by atoms with Gasteiger partial charge in [0.25, 0.3) is 0 Å². The van der Waals surface area contributed by atoms with Gasteiger partial charge >= 0.3 is 11.9 Å². The first-order chi connectivity index (χ1) is 16.8. The lowest BCUT2D eigenvalue weighted by Crippen LogP contribution is -2.50. The third kappa shape index (κ3) is 4.84. The molecule has 0 spiro atoms. The number of nitrogens with zero attached hydrogens (tertiary/aromatic N) is 3. The highest BCUT2D eigenvalue weighted by molar-refractivity contribution is 6.42. The number of carbonyl (C=O) groups excluding carboxylic acids is 2. The van der Waals surface area contributed by atoms with Gasteiger partial charge in [0.2, 0.25) is 0 Å². The van der Waals surface area contributed by atoms with Gasteiger partial charge in [-0.15, -0.1) is 0 Å². The molecule has 2 aromatic rings. The maximum atomic E-state index is 13.6. The first-order valence-corrected chi connectivity index (χ1v) is 12.1. The van der Waals surface area contributed by atoms with Crippen molar-refractivity contribution < 1.29 is 23.8 Å². The Morgan fingerprint density at radius 2 is 1.91 bits per heavy atom. The summed E-state index contributed by atoms with van der Waals surface area (Å²) < 4.78 is 17.1. The van der Waals surface area contributed by atoms with Crippen LogP contribution in [0, 0.1) is 17.8 Å². The van der Waals surface area contributed by atoms with E-state index in [-0.39, 0.29) is 19.1 Å². The number of esters is 2. The van der Waals surface area contributed by atoms with E-state index in [2.05, 4.69) is 10.0 Å². The molecule has 0 unspecified atom stereocenters. The number of ether oxygens (including phenoxy) is 3. The number of halogens is 2. The topological polar surface area (TPSA) is 111 Å². The summed E-state index contributed by atoms with van der Waals surface area (Å²) in [5, 5.41) is 4.76. The van der Waals surface area contributed by atoms with Crippen molar-refractivity contribution in [2.75, 3.05) is 6.61 Å². The molecule has 0 saturated heterocycles. The van der Waals surface area contributed by atoms with Crippen LogP contribution in [0.25, 0.3) is 10.4 Å². The van der Waals surface area contributed by atoms with Crippen LogP contribution in [0.2, 0.25) is 10.0 Å². The summed E-state index contributed by atoms with van der Waals surface area (Å²) in [6.07, 6.45) is -0.950. The highest BCUT2D eigenvalue weighted by Crippen LogP contribution is 2.65. The van der Waals surface area contributed by atoms with Crippen molar-refractivity contribution in [2.24, 2.45) is 22.9 Å². The Balaban J connectivity index is 1.62. The van der Waals surface area contributed by atoms with E-state index in [1.165, 1.54) is 0 Å². The lowest BCUT2D eigenvalue weighted by atomic mass is 9.88. The van der Waals surface area contributed by atoms with Gasteiger partial charge in [0, 0.05) is 10.8 Å². The summed E-state index contributed by atoms with van der Waals surface area (Å²) in [5.74, 6) is -2.46. The minimum atomic E-state index is -1.70. The largest absolute Gasteiger partial charge is 0.466 e. The van der Waals surface area contributed by atoms with Crippen LogP contribution in [-0.2, 0) is 30.4 Å². The summed E-state index contributed by atoms with van der Waals surface area (Å²) in [6, 6.07) is 14.3. The molecule has 10 heteroatoms. The zero-order valence-electron chi connectivity index (χ0n) is 19.3. The molecule has 8 nitrogen and oxygen atoms in total. The summed E-state index contributed by atoms with van der Waals surface area (Å²) >= 11 is 12.2. The van der Waals surface area contributed by atoms with Gasteiger partial charge in [-0.25, -0.2) is 0 Å². The molecule has 4 rings (SSSR count). The second-order valence-electron chi connectivity index (χ2n) is 8.72. The van der Waals surface area contributed by atoms with Crippen molar-refractivity contribution in [2.45, 2.75) is 44.6 Å². The smallest absolute Gasteiger partial charge is 0.321 e. The fraction of sp³-hybridized carbons (Fsp3) is 0.440. The van der Waals surface area contributed by atoms with Crippen LogP contribution in [0.3, 0.4) is 0 Å². The molecule has 0 heterocycles. The van der Waals surface area contributed by atoms with Crippen molar-refractivity contribution in [3.8, 4) is 0 Å². The third-order valence-corrected chi connectivity index (χ3v) is 7.48. The highest BCUT2D eigenvalue weighted by atomic mass is 35.5. The molecule has 0 N–H and O–H groups in total. The van der Waals surface area contributed by atoms with Crippen LogP contribution in [0.5, 0.6) is 0 Å². The predicted molar refractivity (Wildman–Crippen MR) is 130 cm³/mol. The normalized spacial score (nSPS) is 27.3. The molecule has 0 aliphatic heterocycles. The summed E-state index contributed by atoms with van der Waals surface area (Å²) in [6.45, 7) is 3.74. The Morgan fingerprint density at radius 3 is 2.57 bits per heavy atom. The standard InChI is InChI=1S/C25H25Cl2N3O5/c1-3-33-23(31)21-17-12-20(35-14(2)16-9-10-18(26)19(27)11-16)25(22(17)21,29-30-28)24(32)34-13-15-7-5-4-6-8-15/h4-11,14,17,20-22H,3,12-13H2,1-2H3/t14-,17+,20-,21+,22+,25+/m1/s1. The molecule has 0 amide bonds. The average molecular weight is 518 g/mol. The lowest BCUT2D eigenvalue weighted by molar-refractivity contribution is -0.162.